The molecule has 4 aromatic rings. The zero-order chi connectivity index (χ0) is 16.5. The number of rotatable bonds is 5. The number of aromatic nitrogens is 6. The van der Waals surface area contributed by atoms with Crippen LogP contribution in [-0.4, -0.2) is 36.9 Å². The van der Waals surface area contributed by atoms with Crippen molar-refractivity contribution in [2.75, 3.05) is 7.11 Å². The van der Waals surface area contributed by atoms with Gasteiger partial charge in [0.05, 0.1) is 18.7 Å². The van der Waals surface area contributed by atoms with Crippen LogP contribution < -0.4 is 4.74 Å². The minimum atomic E-state index is 0.672. The number of H-pyrrole nitrogens is 1. The second-order valence-corrected chi connectivity index (χ2v) is 5.66. The van der Waals surface area contributed by atoms with Crippen LogP contribution in [0.5, 0.6) is 5.75 Å². The van der Waals surface area contributed by atoms with Gasteiger partial charge in [0.2, 0.25) is 0 Å². The number of nitrogens with one attached hydrogen (secondary N) is 1. The van der Waals surface area contributed by atoms with Crippen molar-refractivity contribution in [2.24, 2.45) is 0 Å². The minimum Gasteiger partial charge on any atom is -0.497 e. The summed E-state index contributed by atoms with van der Waals surface area (Å²) in [5, 5.41) is 12.6. The summed E-state index contributed by atoms with van der Waals surface area (Å²) < 4.78 is 7.05. The van der Waals surface area contributed by atoms with Crippen molar-refractivity contribution in [1.29, 1.82) is 0 Å². The van der Waals surface area contributed by atoms with E-state index in [4.69, 9.17) is 9.72 Å². The standard InChI is InChI=1S/C17H18N6O/c1-3-4-5-14-19-16-13(10-18-21-16)17-20-15(22-23(14)17)11-6-8-12(24-2)9-7-11/h6-10H,3-5H2,1-2H3,(H,18,21). The Morgan fingerprint density at radius 1 is 1.17 bits per heavy atom. The summed E-state index contributed by atoms with van der Waals surface area (Å²) in [6, 6.07) is 7.73. The van der Waals surface area contributed by atoms with Crippen molar-refractivity contribution in [3.05, 3.63) is 36.3 Å². The molecule has 0 aliphatic heterocycles. The van der Waals surface area contributed by atoms with Gasteiger partial charge in [0.25, 0.3) is 0 Å². The van der Waals surface area contributed by atoms with E-state index < -0.39 is 0 Å². The van der Waals surface area contributed by atoms with E-state index >= 15 is 0 Å². The molecule has 7 nitrogen and oxygen atoms in total. The number of benzene rings is 1. The van der Waals surface area contributed by atoms with Crippen LogP contribution >= 0.6 is 0 Å². The monoisotopic (exact) mass is 322 g/mol. The normalized spacial score (nSPS) is 11.4. The van der Waals surface area contributed by atoms with E-state index in [9.17, 15) is 0 Å². The summed E-state index contributed by atoms with van der Waals surface area (Å²) in [7, 11) is 1.65. The van der Waals surface area contributed by atoms with Crippen molar-refractivity contribution >= 4 is 16.7 Å². The summed E-state index contributed by atoms with van der Waals surface area (Å²) in [6.45, 7) is 2.16. The lowest BCUT2D eigenvalue weighted by atomic mass is 10.2. The molecule has 0 aliphatic rings. The fourth-order valence-corrected chi connectivity index (χ4v) is 2.73. The third-order valence-corrected chi connectivity index (χ3v) is 4.05. The highest BCUT2D eigenvalue weighted by atomic mass is 16.5. The molecule has 1 aromatic carbocycles. The fourth-order valence-electron chi connectivity index (χ4n) is 2.73. The van der Waals surface area contributed by atoms with Crippen LogP contribution in [-0.2, 0) is 6.42 Å². The highest BCUT2D eigenvalue weighted by Crippen LogP contribution is 2.23. The van der Waals surface area contributed by atoms with Crippen molar-refractivity contribution in [3.8, 4) is 17.1 Å². The number of aryl methyl sites for hydroxylation is 1. The van der Waals surface area contributed by atoms with E-state index in [1.54, 1.807) is 13.3 Å². The zero-order valence-corrected chi connectivity index (χ0v) is 13.7. The third-order valence-electron chi connectivity index (χ3n) is 4.05. The Labute approximate surface area is 138 Å². The topological polar surface area (TPSA) is 81.0 Å². The number of ether oxygens (including phenoxy) is 1. The molecule has 0 radical (unpaired) electrons. The lowest BCUT2D eigenvalue weighted by molar-refractivity contribution is 0.415. The first-order valence-electron chi connectivity index (χ1n) is 8.03. The number of aromatic amines is 1. The first kappa shape index (κ1) is 14.6. The first-order valence-corrected chi connectivity index (χ1v) is 8.03. The summed E-state index contributed by atoms with van der Waals surface area (Å²) in [5.74, 6) is 2.38. The number of fused-ring (bicyclic) bond motifs is 3. The number of hydrogen-bond acceptors (Lipinski definition) is 5. The Morgan fingerprint density at radius 2 is 2.00 bits per heavy atom. The maximum absolute atomic E-state index is 5.21. The van der Waals surface area contributed by atoms with E-state index in [1.165, 1.54) is 0 Å². The van der Waals surface area contributed by atoms with Gasteiger partial charge in [-0.25, -0.2) is 9.97 Å². The second kappa shape index (κ2) is 5.92. The molecule has 0 fully saturated rings. The van der Waals surface area contributed by atoms with Gasteiger partial charge in [0, 0.05) is 12.0 Å². The molecule has 1 N–H and O–H groups in total. The predicted molar refractivity (Wildman–Crippen MR) is 91.0 cm³/mol. The van der Waals surface area contributed by atoms with Gasteiger partial charge in [0.15, 0.2) is 17.1 Å². The maximum atomic E-state index is 5.21. The van der Waals surface area contributed by atoms with Gasteiger partial charge in [-0.15, -0.1) is 5.10 Å². The molecule has 0 spiro atoms. The number of nitrogens with zero attached hydrogens (tertiary/aromatic N) is 5. The third kappa shape index (κ3) is 2.38. The molecule has 0 bridgehead atoms. The van der Waals surface area contributed by atoms with Crippen LogP contribution in [0.2, 0.25) is 0 Å². The molecule has 24 heavy (non-hydrogen) atoms. The van der Waals surface area contributed by atoms with Crippen LogP contribution in [0.1, 0.15) is 25.6 Å². The molecule has 7 heteroatoms. The Hall–Kier alpha value is -2.96. The number of methoxy groups -OCH3 is 1. The summed E-state index contributed by atoms with van der Waals surface area (Å²) in [6.07, 6.45) is 4.75. The molecule has 0 aliphatic carbocycles. The average Bonchev–Trinajstić information content (AvgIpc) is 3.26. The van der Waals surface area contributed by atoms with Crippen LogP contribution in [0.25, 0.3) is 28.1 Å². The van der Waals surface area contributed by atoms with Crippen molar-refractivity contribution < 1.29 is 4.74 Å². The van der Waals surface area contributed by atoms with Gasteiger partial charge in [-0.2, -0.15) is 9.61 Å². The molecule has 0 saturated heterocycles. The second-order valence-electron chi connectivity index (χ2n) is 5.66. The van der Waals surface area contributed by atoms with E-state index in [-0.39, 0.29) is 0 Å². The first-order chi connectivity index (χ1) is 11.8. The molecule has 4 rings (SSSR count). The molecule has 122 valence electrons. The summed E-state index contributed by atoms with van der Waals surface area (Å²) >= 11 is 0. The highest BCUT2D eigenvalue weighted by molar-refractivity contribution is 5.88. The molecule has 0 atom stereocenters. The van der Waals surface area contributed by atoms with Crippen LogP contribution in [0, 0.1) is 0 Å². The van der Waals surface area contributed by atoms with E-state index in [2.05, 4.69) is 27.2 Å². The SMILES string of the molecule is CCCCc1nc2[nH]ncc2c2nc(-c3ccc(OC)cc3)nn12. The van der Waals surface area contributed by atoms with Gasteiger partial charge < -0.3 is 4.74 Å². The fraction of sp³-hybridized carbons (Fsp3) is 0.294. The lowest BCUT2D eigenvalue weighted by Gasteiger charge is -2.02. The molecular weight excluding hydrogens is 304 g/mol. The van der Waals surface area contributed by atoms with E-state index in [0.717, 1.165) is 53.1 Å². The van der Waals surface area contributed by atoms with Gasteiger partial charge in [-0.05, 0) is 30.7 Å². The van der Waals surface area contributed by atoms with Crippen LogP contribution in [0.3, 0.4) is 0 Å². The average molecular weight is 322 g/mol. The molecule has 3 heterocycles. The van der Waals surface area contributed by atoms with Gasteiger partial charge in [-0.1, -0.05) is 13.3 Å². The van der Waals surface area contributed by atoms with Crippen LogP contribution in [0.15, 0.2) is 30.5 Å². The smallest absolute Gasteiger partial charge is 0.182 e. The maximum Gasteiger partial charge on any atom is 0.182 e. The highest BCUT2D eigenvalue weighted by Gasteiger charge is 2.15. The quantitative estimate of drug-likeness (QED) is 0.611. The lowest BCUT2D eigenvalue weighted by Crippen LogP contribution is -2.03. The Morgan fingerprint density at radius 3 is 2.75 bits per heavy atom. The Balaban J connectivity index is 1.88. The van der Waals surface area contributed by atoms with Crippen molar-refractivity contribution in [3.63, 3.8) is 0 Å². The molecule has 0 unspecified atom stereocenters. The van der Waals surface area contributed by atoms with Crippen molar-refractivity contribution in [2.45, 2.75) is 26.2 Å². The largest absolute Gasteiger partial charge is 0.497 e. The summed E-state index contributed by atoms with van der Waals surface area (Å²) in [5.41, 5.74) is 2.48. The number of hydrogen-bond donors (Lipinski definition) is 1. The van der Waals surface area contributed by atoms with Crippen molar-refractivity contribution in [1.82, 2.24) is 29.8 Å². The Bertz CT molecular complexity index is 986. The van der Waals surface area contributed by atoms with Gasteiger partial charge >= 0.3 is 0 Å². The minimum absolute atomic E-state index is 0.672. The van der Waals surface area contributed by atoms with E-state index in [0.29, 0.717) is 5.82 Å². The molecule has 3 aromatic heterocycles. The molecule has 0 amide bonds. The zero-order valence-electron chi connectivity index (χ0n) is 13.7. The summed E-state index contributed by atoms with van der Waals surface area (Å²) in [4.78, 5) is 9.38. The van der Waals surface area contributed by atoms with Crippen LogP contribution in [0.4, 0.5) is 0 Å². The van der Waals surface area contributed by atoms with E-state index in [1.807, 2.05) is 28.8 Å². The Kier molecular flexibility index (Phi) is 3.60. The van der Waals surface area contributed by atoms with Gasteiger partial charge in [0.1, 0.15) is 11.6 Å². The number of unbranched alkanes of at least 4 members (excludes halogenated alkanes) is 1. The van der Waals surface area contributed by atoms with Gasteiger partial charge in [-0.3, -0.25) is 5.10 Å². The molecular formula is C17H18N6O. The molecule has 0 saturated carbocycles. The predicted octanol–water partition coefficient (Wildman–Crippen LogP) is 3.02.